The summed E-state index contributed by atoms with van der Waals surface area (Å²) in [7, 11) is 3.17. The Balaban J connectivity index is 1.25. The molecule has 0 aliphatic carbocycles. The van der Waals surface area contributed by atoms with Gasteiger partial charge in [-0.1, -0.05) is 48.5 Å². The molecule has 40 heavy (non-hydrogen) atoms. The van der Waals surface area contributed by atoms with Crippen molar-refractivity contribution < 1.29 is 18.7 Å². The molecular weight excluding hydrogens is 510 g/mol. The van der Waals surface area contributed by atoms with E-state index in [0.29, 0.717) is 41.9 Å². The Bertz CT molecular complexity index is 1580. The van der Waals surface area contributed by atoms with E-state index in [9.17, 15) is 4.79 Å². The van der Waals surface area contributed by atoms with E-state index in [4.69, 9.17) is 18.9 Å². The molecule has 0 bridgehead atoms. The Morgan fingerprint density at radius 2 is 1.55 bits per heavy atom. The minimum absolute atomic E-state index is 0.105. The first-order valence-corrected chi connectivity index (χ1v) is 12.8. The highest BCUT2D eigenvalue weighted by Gasteiger charge is 2.16. The van der Waals surface area contributed by atoms with Crippen LogP contribution in [0.4, 0.5) is 11.8 Å². The predicted octanol–water partition coefficient (Wildman–Crippen LogP) is 4.19. The maximum Gasteiger partial charge on any atom is 0.308 e. The summed E-state index contributed by atoms with van der Waals surface area (Å²) in [5.74, 6) is 1.93. The second-order valence-corrected chi connectivity index (χ2v) is 8.74. The molecule has 3 aromatic carbocycles. The highest BCUT2D eigenvalue weighted by molar-refractivity contribution is 5.93. The number of rotatable bonds is 12. The summed E-state index contributed by atoms with van der Waals surface area (Å²) in [6, 6.07) is 23.2. The number of carbonyl (C=O) groups is 1. The lowest BCUT2D eigenvalue weighted by Crippen LogP contribution is -2.29. The van der Waals surface area contributed by atoms with E-state index in [1.54, 1.807) is 14.2 Å². The Morgan fingerprint density at radius 1 is 0.825 bits per heavy atom. The smallest absolute Gasteiger partial charge is 0.308 e. The van der Waals surface area contributed by atoms with Crippen molar-refractivity contribution in [2.24, 2.45) is 0 Å². The van der Waals surface area contributed by atoms with E-state index < -0.39 is 5.91 Å². The molecule has 5 rings (SSSR count). The molecule has 1 amide bonds. The third-order valence-corrected chi connectivity index (χ3v) is 6.08. The van der Waals surface area contributed by atoms with Crippen LogP contribution < -0.4 is 25.4 Å². The van der Waals surface area contributed by atoms with Crippen LogP contribution in [0.5, 0.6) is 11.5 Å². The number of hydrogen-bond donors (Lipinski definition) is 3. The van der Waals surface area contributed by atoms with Gasteiger partial charge in [-0.05, 0) is 30.2 Å². The summed E-state index contributed by atoms with van der Waals surface area (Å²) >= 11 is 0. The van der Waals surface area contributed by atoms with Crippen LogP contribution in [0.3, 0.4) is 0 Å². The van der Waals surface area contributed by atoms with Crippen LogP contribution in [-0.2, 0) is 6.42 Å². The number of anilines is 2. The molecule has 3 N–H and O–H groups in total. The van der Waals surface area contributed by atoms with Gasteiger partial charge in [0.15, 0.2) is 11.5 Å². The standard InChI is InChI=1S/C29H29N7O4/c1-38-23-17-21-22(18-24(23)39-2)33-29(34-25(21)30-14-13-19-9-5-3-6-10-19)32-16-15-31-26(37)28-36-35-27(40-28)20-11-7-4-8-12-20/h3-12,17-18H,13-16H2,1-2H3,(H,31,37)(H2,30,32,33,34). The summed E-state index contributed by atoms with van der Waals surface area (Å²) < 4.78 is 16.5. The molecule has 0 spiro atoms. The number of amides is 1. The second-order valence-electron chi connectivity index (χ2n) is 8.74. The van der Waals surface area contributed by atoms with Crippen LogP contribution >= 0.6 is 0 Å². The number of nitrogens with zero attached hydrogens (tertiary/aromatic N) is 4. The average molecular weight is 540 g/mol. The molecule has 11 heteroatoms. The number of methoxy groups -OCH3 is 2. The minimum atomic E-state index is -0.462. The zero-order valence-electron chi connectivity index (χ0n) is 22.2. The summed E-state index contributed by atoms with van der Waals surface area (Å²) in [5.41, 5.74) is 2.64. The van der Waals surface area contributed by atoms with Crippen LogP contribution in [0.2, 0.25) is 0 Å². The summed E-state index contributed by atoms with van der Waals surface area (Å²) in [6.45, 7) is 1.33. The summed E-state index contributed by atoms with van der Waals surface area (Å²) in [6.07, 6.45) is 0.829. The van der Waals surface area contributed by atoms with Gasteiger partial charge < -0.3 is 29.8 Å². The molecule has 0 fully saturated rings. The maximum atomic E-state index is 12.5. The largest absolute Gasteiger partial charge is 0.493 e. The molecule has 0 unspecified atom stereocenters. The number of benzene rings is 3. The van der Waals surface area contributed by atoms with Gasteiger partial charge >= 0.3 is 11.8 Å². The zero-order valence-corrected chi connectivity index (χ0v) is 22.2. The van der Waals surface area contributed by atoms with Crippen LogP contribution in [0, 0.1) is 0 Å². The number of carbonyl (C=O) groups excluding carboxylic acids is 1. The van der Waals surface area contributed by atoms with Crippen LogP contribution in [0.25, 0.3) is 22.4 Å². The van der Waals surface area contributed by atoms with E-state index in [1.807, 2.05) is 60.7 Å². The first-order valence-electron chi connectivity index (χ1n) is 12.8. The molecule has 0 radical (unpaired) electrons. The highest BCUT2D eigenvalue weighted by atomic mass is 16.5. The van der Waals surface area contributed by atoms with E-state index in [0.717, 1.165) is 17.4 Å². The minimum Gasteiger partial charge on any atom is -0.493 e. The van der Waals surface area contributed by atoms with Crippen molar-refractivity contribution in [1.82, 2.24) is 25.5 Å². The van der Waals surface area contributed by atoms with Gasteiger partial charge in [-0.2, -0.15) is 4.98 Å². The van der Waals surface area contributed by atoms with E-state index in [2.05, 4.69) is 43.3 Å². The molecule has 2 heterocycles. The molecule has 0 aliphatic heterocycles. The van der Waals surface area contributed by atoms with Crippen molar-refractivity contribution in [2.45, 2.75) is 6.42 Å². The SMILES string of the molecule is COc1cc2nc(NCCNC(=O)c3nnc(-c4ccccc4)o3)nc(NCCc3ccccc3)c2cc1OC. The molecule has 0 aliphatic rings. The number of fused-ring (bicyclic) bond motifs is 1. The lowest BCUT2D eigenvalue weighted by Gasteiger charge is -2.14. The average Bonchev–Trinajstić information content (AvgIpc) is 3.50. The molecule has 0 saturated carbocycles. The molecule has 11 nitrogen and oxygen atoms in total. The zero-order chi connectivity index (χ0) is 27.7. The van der Waals surface area contributed by atoms with Crippen molar-refractivity contribution in [2.75, 3.05) is 44.5 Å². The Hall–Kier alpha value is -5.19. The van der Waals surface area contributed by atoms with Crippen molar-refractivity contribution in [1.29, 1.82) is 0 Å². The van der Waals surface area contributed by atoms with Crippen LogP contribution in [0.1, 0.15) is 16.2 Å². The molecule has 204 valence electrons. The fourth-order valence-corrected chi connectivity index (χ4v) is 4.08. The van der Waals surface area contributed by atoms with Crippen molar-refractivity contribution in [3.8, 4) is 23.0 Å². The van der Waals surface area contributed by atoms with Crippen LogP contribution in [0.15, 0.2) is 77.2 Å². The topological polar surface area (TPSA) is 136 Å². The highest BCUT2D eigenvalue weighted by Crippen LogP contribution is 2.34. The normalized spacial score (nSPS) is 10.8. The number of hydrogen-bond acceptors (Lipinski definition) is 10. The van der Waals surface area contributed by atoms with Gasteiger partial charge in [0.25, 0.3) is 0 Å². The first-order chi connectivity index (χ1) is 19.6. The van der Waals surface area contributed by atoms with Gasteiger partial charge in [-0.25, -0.2) is 4.98 Å². The van der Waals surface area contributed by atoms with E-state index in [1.165, 1.54) is 5.56 Å². The van der Waals surface area contributed by atoms with Gasteiger partial charge in [0.05, 0.1) is 19.7 Å². The third-order valence-electron chi connectivity index (χ3n) is 6.08. The molecule has 2 aromatic heterocycles. The number of nitrogens with one attached hydrogen (secondary N) is 3. The quantitative estimate of drug-likeness (QED) is 0.198. The van der Waals surface area contributed by atoms with E-state index in [-0.39, 0.29) is 18.3 Å². The summed E-state index contributed by atoms with van der Waals surface area (Å²) in [5, 5.41) is 18.0. The first kappa shape index (κ1) is 26.4. The van der Waals surface area contributed by atoms with Gasteiger partial charge in [0.2, 0.25) is 11.8 Å². The van der Waals surface area contributed by atoms with Gasteiger partial charge in [0, 0.05) is 36.7 Å². The third kappa shape index (κ3) is 6.26. The Morgan fingerprint density at radius 3 is 2.30 bits per heavy atom. The van der Waals surface area contributed by atoms with Crippen LogP contribution in [-0.4, -0.2) is 59.9 Å². The van der Waals surface area contributed by atoms with Crippen molar-refractivity contribution >= 4 is 28.6 Å². The molecular formula is C29H29N7O4. The Labute approximate surface area is 231 Å². The number of aromatic nitrogens is 4. The predicted molar refractivity (Wildman–Crippen MR) is 152 cm³/mol. The number of ether oxygens (including phenoxy) is 2. The van der Waals surface area contributed by atoms with Crippen molar-refractivity contribution in [3.05, 3.63) is 84.3 Å². The van der Waals surface area contributed by atoms with Gasteiger partial charge in [-0.3, -0.25) is 4.79 Å². The van der Waals surface area contributed by atoms with E-state index >= 15 is 0 Å². The summed E-state index contributed by atoms with van der Waals surface area (Å²) in [4.78, 5) is 21.8. The fraction of sp³-hybridized carbons (Fsp3) is 0.207. The monoisotopic (exact) mass is 539 g/mol. The molecule has 0 saturated heterocycles. The van der Waals surface area contributed by atoms with Crippen molar-refractivity contribution in [3.63, 3.8) is 0 Å². The van der Waals surface area contributed by atoms with Gasteiger partial charge in [-0.15, -0.1) is 10.2 Å². The maximum absolute atomic E-state index is 12.5. The van der Waals surface area contributed by atoms with Gasteiger partial charge in [0.1, 0.15) is 5.82 Å². The lowest BCUT2D eigenvalue weighted by molar-refractivity contribution is 0.0921. The molecule has 5 aromatic rings. The second kappa shape index (κ2) is 12.6. The Kier molecular flexibility index (Phi) is 8.30. The lowest BCUT2D eigenvalue weighted by atomic mass is 10.1. The fourth-order valence-electron chi connectivity index (χ4n) is 4.08. The molecule has 0 atom stereocenters.